The summed E-state index contributed by atoms with van der Waals surface area (Å²) in [5, 5.41) is 34.7. The molecule has 0 aromatic heterocycles. The zero-order valence-electron chi connectivity index (χ0n) is 21.7. The number of hydrogen-bond acceptors (Lipinski definition) is 7. The van der Waals surface area contributed by atoms with Crippen molar-refractivity contribution in [2.24, 2.45) is 28.1 Å². The van der Waals surface area contributed by atoms with E-state index in [2.05, 4.69) is 0 Å². The maximum atomic E-state index is 14.3. The molecule has 1 saturated heterocycles. The molecule has 7 heteroatoms. The predicted molar refractivity (Wildman–Crippen MR) is 132 cm³/mol. The fourth-order valence-electron chi connectivity index (χ4n) is 7.53. The number of epoxide rings is 1. The van der Waals surface area contributed by atoms with Crippen molar-refractivity contribution in [1.29, 1.82) is 0 Å². The van der Waals surface area contributed by atoms with Gasteiger partial charge in [0.2, 0.25) is 0 Å². The molecule has 1 aromatic carbocycles. The van der Waals surface area contributed by atoms with Crippen molar-refractivity contribution in [1.82, 2.24) is 0 Å². The summed E-state index contributed by atoms with van der Waals surface area (Å²) in [6.07, 6.45) is 0.379. The van der Waals surface area contributed by atoms with Crippen molar-refractivity contribution in [3.05, 3.63) is 42.0 Å². The minimum absolute atomic E-state index is 0.100. The molecule has 4 aliphatic rings. The maximum absolute atomic E-state index is 14.3. The van der Waals surface area contributed by atoms with E-state index >= 15 is 0 Å². The van der Waals surface area contributed by atoms with Crippen LogP contribution < -0.4 is 0 Å². The van der Waals surface area contributed by atoms with Crippen molar-refractivity contribution in [2.75, 3.05) is 0 Å². The number of hydrogen-bond donors (Lipinski definition) is 3. The quantitative estimate of drug-likeness (QED) is 0.333. The van der Waals surface area contributed by atoms with E-state index in [4.69, 9.17) is 9.47 Å². The lowest BCUT2D eigenvalue weighted by Gasteiger charge is -2.59. The lowest BCUT2D eigenvalue weighted by Crippen LogP contribution is -2.72. The highest BCUT2D eigenvalue weighted by Crippen LogP contribution is 2.68. The van der Waals surface area contributed by atoms with Crippen molar-refractivity contribution in [2.45, 2.75) is 90.0 Å². The molecule has 0 amide bonds. The molecule has 10 atom stereocenters. The van der Waals surface area contributed by atoms with Crippen LogP contribution in [0.3, 0.4) is 0 Å². The van der Waals surface area contributed by atoms with Gasteiger partial charge in [0.25, 0.3) is 0 Å². The smallest absolute Gasteiger partial charge is 0.331 e. The van der Waals surface area contributed by atoms with E-state index in [1.54, 1.807) is 13.0 Å². The third-order valence-electron chi connectivity index (χ3n) is 10.2. The molecule has 4 fully saturated rings. The number of rotatable bonds is 3. The van der Waals surface area contributed by atoms with E-state index in [0.717, 1.165) is 5.56 Å². The molecule has 36 heavy (non-hydrogen) atoms. The van der Waals surface area contributed by atoms with Gasteiger partial charge in [0.1, 0.15) is 11.7 Å². The topological polar surface area (TPSA) is 117 Å². The van der Waals surface area contributed by atoms with Crippen LogP contribution in [0.25, 0.3) is 6.08 Å². The Labute approximate surface area is 212 Å². The van der Waals surface area contributed by atoms with Crippen LogP contribution in [0, 0.1) is 28.1 Å². The van der Waals surface area contributed by atoms with Gasteiger partial charge < -0.3 is 24.8 Å². The molecule has 5 rings (SSSR count). The number of carbonyl (C=O) groups is 2. The van der Waals surface area contributed by atoms with Crippen LogP contribution in [-0.4, -0.2) is 63.2 Å². The van der Waals surface area contributed by atoms with E-state index in [9.17, 15) is 24.9 Å². The number of fused-ring (bicyclic) bond motifs is 4. The number of ether oxygens (including phenoxy) is 2. The summed E-state index contributed by atoms with van der Waals surface area (Å²) in [5.74, 6) is -2.23. The lowest BCUT2D eigenvalue weighted by molar-refractivity contribution is -0.220. The molecule has 3 aliphatic carbocycles. The van der Waals surface area contributed by atoms with Gasteiger partial charge in [-0.05, 0) is 43.7 Å². The average molecular weight is 499 g/mol. The summed E-state index contributed by atoms with van der Waals surface area (Å²) >= 11 is 0. The summed E-state index contributed by atoms with van der Waals surface area (Å²) in [5.41, 5.74) is -3.67. The molecule has 1 aliphatic heterocycles. The molecule has 3 saturated carbocycles. The van der Waals surface area contributed by atoms with Gasteiger partial charge in [-0.2, -0.15) is 0 Å². The predicted octanol–water partition coefficient (Wildman–Crippen LogP) is 2.90. The molecule has 196 valence electrons. The van der Waals surface area contributed by atoms with Gasteiger partial charge in [0.05, 0.1) is 35.7 Å². The molecule has 7 nitrogen and oxygen atoms in total. The van der Waals surface area contributed by atoms with Gasteiger partial charge >= 0.3 is 5.97 Å². The second kappa shape index (κ2) is 8.22. The summed E-state index contributed by atoms with van der Waals surface area (Å²) < 4.78 is 11.9. The van der Waals surface area contributed by atoms with E-state index in [1.165, 1.54) is 6.08 Å². The minimum Gasteiger partial charge on any atom is -0.458 e. The Morgan fingerprint density at radius 3 is 2.44 bits per heavy atom. The Hall–Kier alpha value is -2.06. The monoisotopic (exact) mass is 498 g/mol. The number of carbonyl (C=O) groups excluding carboxylic acids is 2. The number of ketones is 1. The first-order valence-corrected chi connectivity index (χ1v) is 13.0. The molecule has 0 unspecified atom stereocenters. The van der Waals surface area contributed by atoms with Crippen molar-refractivity contribution in [3.63, 3.8) is 0 Å². The summed E-state index contributed by atoms with van der Waals surface area (Å²) in [4.78, 5) is 27.0. The molecule has 3 N–H and O–H groups in total. The molecule has 1 heterocycles. The Morgan fingerprint density at radius 2 is 1.78 bits per heavy atom. The van der Waals surface area contributed by atoms with E-state index in [0.29, 0.717) is 12.8 Å². The highest BCUT2D eigenvalue weighted by molar-refractivity contribution is 5.96. The van der Waals surface area contributed by atoms with Gasteiger partial charge in [0.15, 0.2) is 5.78 Å². The fraction of sp³-hybridized carbons (Fsp3) is 0.655. The summed E-state index contributed by atoms with van der Waals surface area (Å²) in [7, 11) is 0. The minimum atomic E-state index is -1.83. The Bertz CT molecular complexity index is 1080. The summed E-state index contributed by atoms with van der Waals surface area (Å²) in [6.45, 7) is 9.37. The van der Waals surface area contributed by atoms with Crippen molar-refractivity contribution in [3.8, 4) is 0 Å². The highest BCUT2D eigenvalue weighted by atomic mass is 16.6. The number of Topliss-reactive ketones (excluding diaryl/α,β-unsaturated/α-hetero) is 1. The maximum Gasteiger partial charge on any atom is 0.331 e. The van der Waals surface area contributed by atoms with Gasteiger partial charge in [-0.25, -0.2) is 4.79 Å². The number of aliphatic hydroxyl groups is 3. The first-order valence-electron chi connectivity index (χ1n) is 13.0. The fourth-order valence-corrected chi connectivity index (χ4v) is 7.53. The lowest BCUT2D eigenvalue weighted by atomic mass is 9.45. The van der Waals surface area contributed by atoms with E-state index in [1.807, 2.05) is 58.0 Å². The summed E-state index contributed by atoms with van der Waals surface area (Å²) in [6, 6.07) is 9.35. The standard InChI is InChI=1S/C29H38O7/c1-16-15-29(34)20(21(16)35-19(31)12-11-17-9-7-6-8-10-17)22(32)27(4)14-13-18(30)26(2,3)23-24(36-23)28(27,5)25(29)33/h6-12,16,18,20-24,30,32,34H,13-15H2,1-5H3/b12-11+/t16-,18-,20+,21-,22+,23+,24+,27-,28+,29+/m0/s1. The van der Waals surface area contributed by atoms with E-state index < -0.39 is 58.1 Å². The number of aliphatic hydroxyl groups excluding tert-OH is 2. The number of benzene rings is 1. The molecular weight excluding hydrogens is 460 g/mol. The van der Waals surface area contributed by atoms with E-state index in [-0.39, 0.29) is 24.2 Å². The highest BCUT2D eigenvalue weighted by Gasteiger charge is 2.79. The SMILES string of the molecule is C[C@H]1C[C@]2(O)C(=O)[C@@]3(C)[C@@H]4O[C@H]4C(C)(C)[C@@H](O)CC[C@@]3(C)[C@H](O)[C@H]2[C@H]1OC(=O)/C=C/c1ccccc1. The van der Waals surface area contributed by atoms with Crippen molar-refractivity contribution >= 4 is 17.8 Å². The largest absolute Gasteiger partial charge is 0.458 e. The first kappa shape index (κ1) is 25.6. The molecule has 0 spiro atoms. The van der Waals surface area contributed by atoms with Crippen LogP contribution in [0.4, 0.5) is 0 Å². The molecular formula is C29H38O7. The second-order valence-electron chi connectivity index (χ2n) is 12.5. The first-order chi connectivity index (χ1) is 16.8. The van der Waals surface area contributed by atoms with Gasteiger partial charge in [-0.3, -0.25) is 4.79 Å². The molecule has 1 aromatic rings. The Balaban J connectivity index is 1.47. The van der Waals surface area contributed by atoms with Crippen molar-refractivity contribution < 1.29 is 34.4 Å². The third kappa shape index (κ3) is 3.39. The third-order valence-corrected chi connectivity index (χ3v) is 10.2. The van der Waals surface area contributed by atoms with Crippen LogP contribution in [0.2, 0.25) is 0 Å². The zero-order chi connectivity index (χ0) is 26.3. The van der Waals surface area contributed by atoms with Crippen LogP contribution in [0.15, 0.2) is 36.4 Å². The average Bonchev–Trinajstić information content (AvgIpc) is 3.61. The van der Waals surface area contributed by atoms with Gasteiger partial charge in [-0.15, -0.1) is 0 Å². The Kier molecular flexibility index (Phi) is 5.84. The second-order valence-corrected chi connectivity index (χ2v) is 12.5. The van der Waals surface area contributed by atoms with Crippen LogP contribution in [0.1, 0.15) is 59.4 Å². The van der Waals surface area contributed by atoms with Gasteiger partial charge in [0, 0.05) is 16.9 Å². The molecule has 0 bridgehead atoms. The molecule has 0 radical (unpaired) electrons. The normalized spacial score (nSPS) is 47.3. The van der Waals surface area contributed by atoms with Crippen LogP contribution in [-0.2, 0) is 19.1 Å². The number of esters is 1. The Morgan fingerprint density at radius 1 is 1.11 bits per heavy atom. The van der Waals surface area contributed by atoms with Crippen LogP contribution >= 0.6 is 0 Å². The van der Waals surface area contributed by atoms with Gasteiger partial charge in [-0.1, -0.05) is 58.0 Å². The van der Waals surface area contributed by atoms with Crippen LogP contribution in [0.5, 0.6) is 0 Å². The zero-order valence-corrected chi connectivity index (χ0v) is 21.7.